The van der Waals surface area contributed by atoms with Gasteiger partial charge in [-0.05, 0) is 25.0 Å². The average molecular weight is 353 g/mol. The number of nitrogens with zero attached hydrogens (tertiary/aromatic N) is 2. The summed E-state index contributed by atoms with van der Waals surface area (Å²) in [6.07, 6.45) is 1.46. The molecule has 130 valence electrons. The normalized spacial score (nSPS) is 11.4. The van der Waals surface area contributed by atoms with Crippen LogP contribution in [0.5, 0.6) is 5.75 Å². The first kappa shape index (κ1) is 18.0. The van der Waals surface area contributed by atoms with Gasteiger partial charge in [0, 0.05) is 13.6 Å². The SMILES string of the molecule is Cc1ccccc1OCCCNS(=O)(=O)c1cnn(C)c1C(=O)O. The van der Waals surface area contributed by atoms with Crippen molar-refractivity contribution in [1.29, 1.82) is 0 Å². The molecule has 2 rings (SSSR count). The van der Waals surface area contributed by atoms with Crippen LogP contribution in [0.2, 0.25) is 0 Å². The lowest BCUT2D eigenvalue weighted by Gasteiger charge is -2.09. The van der Waals surface area contributed by atoms with E-state index in [0.717, 1.165) is 22.2 Å². The van der Waals surface area contributed by atoms with E-state index >= 15 is 0 Å². The van der Waals surface area contributed by atoms with Crippen LogP contribution < -0.4 is 9.46 Å². The van der Waals surface area contributed by atoms with E-state index in [2.05, 4.69) is 9.82 Å². The Labute approximate surface area is 140 Å². The van der Waals surface area contributed by atoms with Gasteiger partial charge in [-0.2, -0.15) is 5.10 Å². The van der Waals surface area contributed by atoms with Crippen molar-refractivity contribution in [3.63, 3.8) is 0 Å². The Balaban J connectivity index is 1.90. The van der Waals surface area contributed by atoms with Crippen molar-refractivity contribution in [2.45, 2.75) is 18.2 Å². The molecule has 8 nitrogen and oxygen atoms in total. The van der Waals surface area contributed by atoms with Crippen LogP contribution in [0.3, 0.4) is 0 Å². The molecule has 24 heavy (non-hydrogen) atoms. The largest absolute Gasteiger partial charge is 0.493 e. The number of ether oxygens (including phenoxy) is 1. The molecule has 2 N–H and O–H groups in total. The smallest absolute Gasteiger partial charge is 0.355 e. The number of nitrogens with one attached hydrogen (secondary N) is 1. The van der Waals surface area contributed by atoms with Gasteiger partial charge < -0.3 is 9.84 Å². The molecule has 2 aromatic rings. The summed E-state index contributed by atoms with van der Waals surface area (Å²) in [4.78, 5) is 10.8. The number of benzene rings is 1. The maximum atomic E-state index is 12.2. The summed E-state index contributed by atoms with van der Waals surface area (Å²) in [7, 11) is -2.56. The van der Waals surface area contributed by atoms with Crippen molar-refractivity contribution >= 4 is 16.0 Å². The molecule has 0 aliphatic carbocycles. The zero-order valence-corrected chi connectivity index (χ0v) is 14.2. The molecule has 0 bridgehead atoms. The Hall–Kier alpha value is -2.39. The Morgan fingerprint density at radius 1 is 1.38 bits per heavy atom. The predicted molar refractivity (Wildman–Crippen MR) is 86.6 cm³/mol. The third kappa shape index (κ3) is 4.12. The maximum Gasteiger partial charge on any atom is 0.355 e. The summed E-state index contributed by atoms with van der Waals surface area (Å²) in [5.74, 6) is -0.598. The molecular formula is C15H19N3O5S. The highest BCUT2D eigenvalue weighted by molar-refractivity contribution is 7.89. The van der Waals surface area contributed by atoms with E-state index in [1.54, 1.807) is 0 Å². The van der Waals surface area contributed by atoms with Crippen LogP contribution in [0.25, 0.3) is 0 Å². The highest BCUT2D eigenvalue weighted by Crippen LogP contribution is 2.16. The van der Waals surface area contributed by atoms with Crippen molar-refractivity contribution in [2.75, 3.05) is 13.2 Å². The minimum absolute atomic E-state index is 0.127. The number of aromatic nitrogens is 2. The van der Waals surface area contributed by atoms with Crippen LogP contribution in [0.1, 0.15) is 22.5 Å². The molecule has 0 radical (unpaired) electrons. The number of rotatable bonds is 8. The van der Waals surface area contributed by atoms with Crippen LogP contribution in [0.15, 0.2) is 35.4 Å². The van der Waals surface area contributed by atoms with E-state index in [4.69, 9.17) is 9.84 Å². The summed E-state index contributed by atoms with van der Waals surface area (Å²) in [5.41, 5.74) is 0.623. The highest BCUT2D eigenvalue weighted by atomic mass is 32.2. The molecule has 0 saturated carbocycles. The van der Waals surface area contributed by atoms with Crippen molar-refractivity contribution in [1.82, 2.24) is 14.5 Å². The topological polar surface area (TPSA) is 111 Å². The lowest BCUT2D eigenvalue weighted by molar-refractivity contribution is 0.0680. The van der Waals surface area contributed by atoms with Gasteiger partial charge in [0.05, 0.1) is 12.8 Å². The Morgan fingerprint density at radius 2 is 2.08 bits per heavy atom. The van der Waals surface area contributed by atoms with E-state index in [9.17, 15) is 13.2 Å². The summed E-state index contributed by atoms with van der Waals surface area (Å²) in [6, 6.07) is 7.54. The first-order chi connectivity index (χ1) is 11.3. The average Bonchev–Trinajstić information content (AvgIpc) is 2.91. The van der Waals surface area contributed by atoms with Gasteiger partial charge in [-0.15, -0.1) is 0 Å². The minimum atomic E-state index is -3.94. The molecule has 1 heterocycles. The number of hydrogen-bond acceptors (Lipinski definition) is 5. The second kappa shape index (κ2) is 7.45. The fraction of sp³-hybridized carbons (Fsp3) is 0.333. The van der Waals surface area contributed by atoms with Crippen LogP contribution >= 0.6 is 0 Å². The van der Waals surface area contributed by atoms with E-state index in [1.807, 2.05) is 31.2 Å². The fourth-order valence-electron chi connectivity index (χ4n) is 2.11. The van der Waals surface area contributed by atoms with Crippen molar-refractivity contribution in [2.24, 2.45) is 7.05 Å². The number of hydrogen-bond donors (Lipinski definition) is 2. The third-order valence-corrected chi connectivity index (χ3v) is 4.82. The van der Waals surface area contributed by atoms with E-state index in [-0.39, 0.29) is 17.1 Å². The first-order valence-corrected chi connectivity index (χ1v) is 8.74. The molecule has 0 atom stereocenters. The lowest BCUT2D eigenvalue weighted by atomic mass is 10.2. The Kier molecular flexibility index (Phi) is 5.58. The molecule has 1 aromatic heterocycles. The molecular weight excluding hydrogens is 334 g/mol. The molecule has 9 heteroatoms. The van der Waals surface area contributed by atoms with Crippen molar-refractivity contribution < 1.29 is 23.1 Å². The van der Waals surface area contributed by atoms with Gasteiger partial charge in [-0.3, -0.25) is 4.68 Å². The van der Waals surface area contributed by atoms with E-state index in [0.29, 0.717) is 13.0 Å². The zero-order chi connectivity index (χ0) is 17.7. The van der Waals surface area contributed by atoms with Crippen LogP contribution in [0.4, 0.5) is 0 Å². The summed E-state index contributed by atoms with van der Waals surface area (Å²) < 4.78 is 33.3. The zero-order valence-electron chi connectivity index (χ0n) is 13.4. The van der Waals surface area contributed by atoms with Gasteiger partial charge >= 0.3 is 5.97 Å². The molecule has 0 fully saturated rings. The Morgan fingerprint density at radius 3 is 2.75 bits per heavy atom. The molecule has 1 aromatic carbocycles. The van der Waals surface area contributed by atoms with E-state index in [1.165, 1.54) is 7.05 Å². The second-order valence-electron chi connectivity index (χ2n) is 5.15. The predicted octanol–water partition coefficient (Wildman–Crippen LogP) is 1.17. The summed E-state index contributed by atoms with van der Waals surface area (Å²) in [6.45, 7) is 2.39. The van der Waals surface area contributed by atoms with Crippen LogP contribution in [0, 0.1) is 6.92 Å². The minimum Gasteiger partial charge on any atom is -0.493 e. The molecule has 0 spiro atoms. The lowest BCUT2D eigenvalue weighted by Crippen LogP contribution is -2.27. The third-order valence-electron chi connectivity index (χ3n) is 3.36. The molecule has 0 saturated heterocycles. The maximum absolute atomic E-state index is 12.2. The number of carbonyl (C=O) groups is 1. The molecule has 0 amide bonds. The number of para-hydroxylation sites is 1. The summed E-state index contributed by atoms with van der Waals surface area (Å²) in [5, 5.41) is 12.8. The van der Waals surface area contributed by atoms with Crippen molar-refractivity contribution in [3.05, 3.63) is 41.7 Å². The van der Waals surface area contributed by atoms with Gasteiger partial charge in [0.1, 0.15) is 10.6 Å². The number of aryl methyl sites for hydroxylation is 2. The summed E-state index contributed by atoms with van der Waals surface area (Å²) >= 11 is 0. The highest BCUT2D eigenvalue weighted by Gasteiger charge is 2.26. The van der Waals surface area contributed by atoms with Gasteiger partial charge in [-0.1, -0.05) is 18.2 Å². The second-order valence-corrected chi connectivity index (χ2v) is 6.89. The fourth-order valence-corrected chi connectivity index (χ4v) is 3.34. The monoisotopic (exact) mass is 353 g/mol. The number of carboxylic acids is 1. The number of aromatic carboxylic acids is 1. The first-order valence-electron chi connectivity index (χ1n) is 7.26. The molecule has 0 aliphatic heterocycles. The standard InChI is InChI=1S/C15H19N3O5S/c1-11-6-3-4-7-12(11)23-9-5-8-17-24(21,22)13-10-16-18(2)14(13)15(19)20/h3-4,6-7,10,17H,5,8-9H2,1-2H3,(H,19,20). The quantitative estimate of drug-likeness (QED) is 0.689. The van der Waals surface area contributed by atoms with Crippen LogP contribution in [-0.2, 0) is 17.1 Å². The number of carboxylic acid groups (broad SMARTS) is 1. The van der Waals surface area contributed by atoms with E-state index < -0.39 is 16.0 Å². The van der Waals surface area contributed by atoms with Gasteiger partial charge in [-0.25, -0.2) is 17.9 Å². The van der Waals surface area contributed by atoms with Gasteiger partial charge in [0.15, 0.2) is 5.69 Å². The number of sulfonamides is 1. The molecule has 0 unspecified atom stereocenters. The van der Waals surface area contributed by atoms with Crippen LogP contribution in [-0.4, -0.2) is 42.4 Å². The van der Waals surface area contributed by atoms with Gasteiger partial charge in [0.2, 0.25) is 10.0 Å². The molecule has 0 aliphatic rings. The van der Waals surface area contributed by atoms with Crippen molar-refractivity contribution in [3.8, 4) is 5.75 Å². The van der Waals surface area contributed by atoms with Gasteiger partial charge in [0.25, 0.3) is 0 Å². The Bertz CT molecular complexity index is 829.